The van der Waals surface area contributed by atoms with Gasteiger partial charge >= 0.3 is 0 Å². The fourth-order valence-electron chi connectivity index (χ4n) is 1.71. The highest BCUT2D eigenvalue weighted by molar-refractivity contribution is 5.46. The molecule has 1 aromatic carbocycles. The molecular formula is C15H26N2. The smallest absolute Gasteiger partial charge is 0.0363 e. The molecule has 2 heteroatoms. The molecule has 0 fully saturated rings. The normalized spacial score (nSPS) is 10.9. The van der Waals surface area contributed by atoms with Crippen molar-refractivity contribution in [1.82, 2.24) is 5.32 Å². The maximum Gasteiger partial charge on any atom is 0.0363 e. The van der Waals surface area contributed by atoms with Crippen LogP contribution in [0.25, 0.3) is 0 Å². The monoisotopic (exact) mass is 234 g/mol. The third-order valence-electron chi connectivity index (χ3n) is 2.94. The Hall–Kier alpha value is -1.02. The van der Waals surface area contributed by atoms with Crippen molar-refractivity contribution >= 4 is 5.69 Å². The van der Waals surface area contributed by atoms with Gasteiger partial charge in [-0.05, 0) is 24.1 Å². The number of hydrogen-bond acceptors (Lipinski definition) is 2. The number of hydrogen-bond donors (Lipinski definition) is 1. The van der Waals surface area contributed by atoms with Gasteiger partial charge in [-0.1, -0.05) is 39.3 Å². The minimum absolute atomic E-state index is 0.543. The summed E-state index contributed by atoms with van der Waals surface area (Å²) >= 11 is 0. The zero-order valence-corrected chi connectivity index (χ0v) is 11.7. The van der Waals surface area contributed by atoms with E-state index in [1.165, 1.54) is 24.1 Å². The third kappa shape index (κ3) is 5.22. The second-order valence-electron chi connectivity index (χ2n) is 4.98. The zero-order valence-electron chi connectivity index (χ0n) is 11.7. The van der Waals surface area contributed by atoms with Crippen molar-refractivity contribution in [3.05, 3.63) is 29.8 Å². The Morgan fingerprint density at radius 3 is 2.35 bits per heavy atom. The molecule has 0 unspecified atom stereocenters. The molecule has 0 radical (unpaired) electrons. The summed E-state index contributed by atoms with van der Waals surface area (Å²) in [5, 5.41) is 3.43. The highest BCUT2D eigenvalue weighted by Crippen LogP contribution is 2.14. The molecule has 0 heterocycles. The lowest BCUT2D eigenvalue weighted by Gasteiger charge is -2.19. The second-order valence-corrected chi connectivity index (χ2v) is 4.98. The highest BCUT2D eigenvalue weighted by atomic mass is 15.1. The Morgan fingerprint density at radius 2 is 1.82 bits per heavy atom. The highest BCUT2D eigenvalue weighted by Gasteiger charge is 2.00. The van der Waals surface area contributed by atoms with Crippen molar-refractivity contribution in [3.8, 4) is 0 Å². The topological polar surface area (TPSA) is 15.3 Å². The van der Waals surface area contributed by atoms with E-state index in [9.17, 15) is 0 Å². The van der Waals surface area contributed by atoms with Crippen molar-refractivity contribution < 1.29 is 0 Å². The van der Waals surface area contributed by atoms with Gasteiger partial charge in [0, 0.05) is 31.9 Å². The summed E-state index contributed by atoms with van der Waals surface area (Å²) in [6.07, 6.45) is 2.51. The molecule has 0 aliphatic rings. The SMILES string of the molecule is CCCCN(C)c1ccc(CNC(C)C)cc1. The van der Waals surface area contributed by atoms with E-state index in [4.69, 9.17) is 0 Å². The second kappa shape index (κ2) is 7.33. The zero-order chi connectivity index (χ0) is 12.7. The van der Waals surface area contributed by atoms with Crippen LogP contribution < -0.4 is 10.2 Å². The Morgan fingerprint density at radius 1 is 1.18 bits per heavy atom. The van der Waals surface area contributed by atoms with Gasteiger partial charge in [0.15, 0.2) is 0 Å². The van der Waals surface area contributed by atoms with Gasteiger partial charge in [0.05, 0.1) is 0 Å². The molecule has 0 aliphatic carbocycles. The minimum atomic E-state index is 0.543. The fourth-order valence-corrected chi connectivity index (χ4v) is 1.71. The maximum absolute atomic E-state index is 3.43. The molecular weight excluding hydrogens is 208 g/mol. The Labute approximate surface area is 106 Å². The van der Waals surface area contributed by atoms with Crippen molar-refractivity contribution in [2.75, 3.05) is 18.5 Å². The summed E-state index contributed by atoms with van der Waals surface area (Å²) in [4.78, 5) is 2.32. The lowest BCUT2D eigenvalue weighted by atomic mass is 10.2. The Balaban J connectivity index is 2.49. The van der Waals surface area contributed by atoms with Crippen LogP contribution in [0.3, 0.4) is 0 Å². The van der Waals surface area contributed by atoms with Crippen LogP contribution in [0.1, 0.15) is 39.2 Å². The summed E-state index contributed by atoms with van der Waals surface area (Å²) in [5.74, 6) is 0. The summed E-state index contributed by atoms with van der Waals surface area (Å²) < 4.78 is 0. The van der Waals surface area contributed by atoms with Crippen LogP contribution in [0, 0.1) is 0 Å². The maximum atomic E-state index is 3.43. The largest absolute Gasteiger partial charge is 0.375 e. The summed E-state index contributed by atoms with van der Waals surface area (Å²) in [6.45, 7) is 8.67. The molecule has 1 rings (SSSR count). The number of anilines is 1. The van der Waals surface area contributed by atoms with Gasteiger partial charge in [-0.25, -0.2) is 0 Å². The number of benzene rings is 1. The molecule has 0 bridgehead atoms. The van der Waals surface area contributed by atoms with E-state index in [1.54, 1.807) is 0 Å². The van der Waals surface area contributed by atoms with Crippen molar-refractivity contribution in [2.24, 2.45) is 0 Å². The first-order chi connectivity index (χ1) is 8.13. The number of unbranched alkanes of at least 4 members (excludes halogenated alkanes) is 1. The number of rotatable bonds is 7. The van der Waals surface area contributed by atoms with E-state index in [-0.39, 0.29) is 0 Å². The van der Waals surface area contributed by atoms with Crippen molar-refractivity contribution in [1.29, 1.82) is 0 Å². The quantitative estimate of drug-likeness (QED) is 0.777. The molecule has 1 aromatic rings. The minimum Gasteiger partial charge on any atom is -0.375 e. The fraction of sp³-hybridized carbons (Fsp3) is 0.600. The first-order valence-electron chi connectivity index (χ1n) is 6.67. The van der Waals surface area contributed by atoms with Crippen LogP contribution in [0.4, 0.5) is 5.69 Å². The van der Waals surface area contributed by atoms with E-state index in [0.717, 1.165) is 13.1 Å². The van der Waals surface area contributed by atoms with Gasteiger partial charge in [-0.15, -0.1) is 0 Å². The molecule has 17 heavy (non-hydrogen) atoms. The average Bonchev–Trinajstić information content (AvgIpc) is 2.34. The van der Waals surface area contributed by atoms with E-state index < -0.39 is 0 Å². The lowest BCUT2D eigenvalue weighted by molar-refractivity contribution is 0.589. The Bertz CT molecular complexity index is 303. The van der Waals surface area contributed by atoms with Crippen LogP contribution >= 0.6 is 0 Å². The van der Waals surface area contributed by atoms with Gasteiger partial charge in [-0.3, -0.25) is 0 Å². The van der Waals surface area contributed by atoms with Gasteiger partial charge < -0.3 is 10.2 Å². The van der Waals surface area contributed by atoms with Crippen LogP contribution in [-0.4, -0.2) is 19.6 Å². The number of nitrogens with one attached hydrogen (secondary N) is 1. The number of nitrogens with zero attached hydrogens (tertiary/aromatic N) is 1. The molecule has 1 N–H and O–H groups in total. The van der Waals surface area contributed by atoms with Crippen LogP contribution in [-0.2, 0) is 6.54 Å². The van der Waals surface area contributed by atoms with Gasteiger partial charge in [-0.2, -0.15) is 0 Å². The lowest BCUT2D eigenvalue weighted by Crippen LogP contribution is -2.22. The molecule has 0 atom stereocenters. The standard InChI is InChI=1S/C15H26N2/c1-5-6-11-17(4)15-9-7-14(8-10-15)12-16-13(2)3/h7-10,13,16H,5-6,11-12H2,1-4H3. The van der Waals surface area contributed by atoms with E-state index in [1.807, 2.05) is 0 Å². The molecule has 2 nitrogen and oxygen atoms in total. The van der Waals surface area contributed by atoms with Crippen LogP contribution in [0.2, 0.25) is 0 Å². The molecule has 96 valence electrons. The van der Waals surface area contributed by atoms with Gasteiger partial charge in [0.1, 0.15) is 0 Å². The molecule has 0 aliphatic heterocycles. The molecule has 0 aromatic heterocycles. The summed E-state index contributed by atoms with van der Waals surface area (Å²) in [5.41, 5.74) is 2.66. The van der Waals surface area contributed by atoms with Crippen molar-refractivity contribution in [3.63, 3.8) is 0 Å². The predicted octanol–water partition coefficient (Wildman–Crippen LogP) is 3.42. The molecule has 0 amide bonds. The van der Waals surface area contributed by atoms with E-state index >= 15 is 0 Å². The van der Waals surface area contributed by atoms with E-state index in [0.29, 0.717) is 6.04 Å². The summed E-state index contributed by atoms with van der Waals surface area (Å²) in [6, 6.07) is 9.40. The van der Waals surface area contributed by atoms with E-state index in [2.05, 4.69) is 62.3 Å². The third-order valence-corrected chi connectivity index (χ3v) is 2.94. The van der Waals surface area contributed by atoms with Crippen LogP contribution in [0.5, 0.6) is 0 Å². The molecule has 0 saturated carbocycles. The Kier molecular flexibility index (Phi) is 6.06. The van der Waals surface area contributed by atoms with Crippen molar-refractivity contribution in [2.45, 2.75) is 46.2 Å². The molecule has 0 saturated heterocycles. The first-order valence-corrected chi connectivity index (χ1v) is 6.67. The van der Waals surface area contributed by atoms with Gasteiger partial charge in [0.2, 0.25) is 0 Å². The summed E-state index contributed by atoms with van der Waals surface area (Å²) in [7, 11) is 2.16. The molecule has 0 spiro atoms. The van der Waals surface area contributed by atoms with Crippen LogP contribution in [0.15, 0.2) is 24.3 Å². The predicted molar refractivity (Wildman–Crippen MR) is 76.6 cm³/mol. The van der Waals surface area contributed by atoms with Gasteiger partial charge in [0.25, 0.3) is 0 Å². The average molecular weight is 234 g/mol. The first kappa shape index (κ1) is 14.0.